The molecule has 0 aliphatic rings. The van der Waals surface area contributed by atoms with Crippen molar-refractivity contribution in [1.82, 2.24) is 19.7 Å². The molecule has 0 aliphatic carbocycles. The van der Waals surface area contributed by atoms with Crippen molar-refractivity contribution in [3.8, 4) is 5.69 Å². The lowest BCUT2D eigenvalue weighted by Crippen LogP contribution is -2.09. The highest BCUT2D eigenvalue weighted by Gasteiger charge is 2.12. The molecule has 0 unspecified atom stereocenters. The maximum atomic E-state index is 12.4. The molecule has 2 aromatic carbocycles. The Labute approximate surface area is 159 Å². The van der Waals surface area contributed by atoms with Crippen LogP contribution in [-0.2, 0) is 5.75 Å². The second-order valence-electron chi connectivity index (χ2n) is 5.92. The largest absolute Gasteiger partial charge is 0.301 e. The van der Waals surface area contributed by atoms with Gasteiger partial charge in [-0.15, -0.1) is 0 Å². The number of hydrogen-bond acceptors (Lipinski definition) is 4. The molecule has 2 aromatic heterocycles. The maximum Gasteiger partial charge on any atom is 0.262 e. The van der Waals surface area contributed by atoms with Crippen molar-refractivity contribution in [2.45, 2.75) is 17.8 Å². The molecule has 4 aromatic rings. The zero-order valence-corrected chi connectivity index (χ0v) is 15.5. The van der Waals surface area contributed by atoms with Gasteiger partial charge in [0.05, 0.1) is 11.9 Å². The van der Waals surface area contributed by atoms with Gasteiger partial charge in [-0.3, -0.25) is 4.79 Å². The Morgan fingerprint density at radius 3 is 2.58 bits per heavy atom. The molecule has 130 valence electrons. The Kier molecular flexibility index (Phi) is 4.53. The lowest BCUT2D eigenvalue weighted by molar-refractivity contribution is 0.872. The van der Waals surface area contributed by atoms with Crippen LogP contribution in [0.25, 0.3) is 16.7 Å². The second kappa shape index (κ2) is 6.97. The van der Waals surface area contributed by atoms with E-state index in [0.29, 0.717) is 27.0 Å². The standard InChI is InChI=1S/C19H15ClN4OS/c1-12-2-8-15(9-3-12)24-17-16(10-21-24)18(25)23-19(22-17)26-11-13-4-6-14(20)7-5-13/h2-10H,11H2,1H3,(H,22,23,25). The zero-order valence-electron chi connectivity index (χ0n) is 13.9. The Morgan fingerprint density at radius 2 is 1.85 bits per heavy atom. The van der Waals surface area contributed by atoms with Crippen LogP contribution in [0.3, 0.4) is 0 Å². The highest BCUT2D eigenvalue weighted by atomic mass is 35.5. The summed E-state index contributed by atoms with van der Waals surface area (Å²) in [5, 5.41) is 6.07. The van der Waals surface area contributed by atoms with Crippen molar-refractivity contribution >= 4 is 34.4 Å². The van der Waals surface area contributed by atoms with Gasteiger partial charge in [0.2, 0.25) is 0 Å². The van der Waals surface area contributed by atoms with E-state index in [9.17, 15) is 4.79 Å². The fourth-order valence-corrected chi connectivity index (χ4v) is 3.51. The van der Waals surface area contributed by atoms with Crippen LogP contribution in [0.15, 0.2) is 64.7 Å². The van der Waals surface area contributed by atoms with Gasteiger partial charge >= 0.3 is 0 Å². The van der Waals surface area contributed by atoms with Crippen LogP contribution in [0.2, 0.25) is 5.02 Å². The summed E-state index contributed by atoms with van der Waals surface area (Å²) in [5.74, 6) is 0.685. The van der Waals surface area contributed by atoms with Gasteiger partial charge in [-0.05, 0) is 36.8 Å². The van der Waals surface area contributed by atoms with E-state index < -0.39 is 0 Å². The molecular weight excluding hydrogens is 368 g/mol. The molecule has 0 saturated heterocycles. The van der Waals surface area contributed by atoms with Gasteiger partial charge in [0.15, 0.2) is 10.8 Å². The van der Waals surface area contributed by atoms with Crippen LogP contribution in [-0.4, -0.2) is 19.7 Å². The highest BCUT2D eigenvalue weighted by Crippen LogP contribution is 2.22. The van der Waals surface area contributed by atoms with Gasteiger partial charge in [0.1, 0.15) is 5.39 Å². The van der Waals surface area contributed by atoms with Crippen LogP contribution < -0.4 is 5.56 Å². The smallest absolute Gasteiger partial charge is 0.262 e. The van der Waals surface area contributed by atoms with Crippen molar-refractivity contribution in [1.29, 1.82) is 0 Å². The number of rotatable bonds is 4. The van der Waals surface area contributed by atoms with E-state index in [1.165, 1.54) is 11.8 Å². The van der Waals surface area contributed by atoms with Gasteiger partial charge < -0.3 is 4.98 Å². The lowest BCUT2D eigenvalue weighted by atomic mass is 10.2. The molecule has 0 radical (unpaired) electrons. The van der Waals surface area contributed by atoms with Crippen LogP contribution in [0.5, 0.6) is 0 Å². The Hall–Kier alpha value is -2.57. The minimum atomic E-state index is -0.188. The van der Waals surface area contributed by atoms with Crippen molar-refractivity contribution < 1.29 is 0 Å². The van der Waals surface area contributed by atoms with Crippen LogP contribution in [0, 0.1) is 6.92 Å². The third-order valence-corrected chi connectivity index (χ3v) is 5.18. The van der Waals surface area contributed by atoms with Crippen molar-refractivity contribution in [2.75, 3.05) is 0 Å². The summed E-state index contributed by atoms with van der Waals surface area (Å²) in [6.07, 6.45) is 1.55. The summed E-state index contributed by atoms with van der Waals surface area (Å²) >= 11 is 7.38. The summed E-state index contributed by atoms with van der Waals surface area (Å²) in [7, 11) is 0. The van der Waals surface area contributed by atoms with Crippen molar-refractivity contribution in [3.63, 3.8) is 0 Å². The van der Waals surface area contributed by atoms with Gasteiger partial charge in [-0.2, -0.15) is 5.10 Å². The Balaban J connectivity index is 1.68. The predicted octanol–water partition coefficient (Wildman–Crippen LogP) is 4.36. The molecule has 0 spiro atoms. The van der Waals surface area contributed by atoms with Gasteiger partial charge in [-0.1, -0.05) is 53.2 Å². The molecule has 1 N–H and O–H groups in total. The van der Waals surface area contributed by atoms with E-state index in [1.807, 2.05) is 55.5 Å². The van der Waals surface area contributed by atoms with Gasteiger partial charge in [0.25, 0.3) is 5.56 Å². The number of fused-ring (bicyclic) bond motifs is 1. The number of H-pyrrole nitrogens is 1. The molecule has 7 heteroatoms. The fourth-order valence-electron chi connectivity index (χ4n) is 2.57. The average molecular weight is 383 g/mol. The van der Waals surface area contributed by atoms with Gasteiger partial charge in [0, 0.05) is 10.8 Å². The summed E-state index contributed by atoms with van der Waals surface area (Å²) in [6, 6.07) is 15.6. The van der Waals surface area contributed by atoms with Crippen LogP contribution >= 0.6 is 23.4 Å². The molecular formula is C19H15ClN4OS. The number of hydrogen-bond donors (Lipinski definition) is 1. The van der Waals surface area contributed by atoms with Crippen LogP contribution in [0.1, 0.15) is 11.1 Å². The predicted molar refractivity (Wildman–Crippen MR) is 105 cm³/mol. The molecule has 26 heavy (non-hydrogen) atoms. The third kappa shape index (κ3) is 3.38. The first kappa shape index (κ1) is 16.9. The number of nitrogens with one attached hydrogen (secondary N) is 1. The zero-order chi connectivity index (χ0) is 18.1. The number of thioether (sulfide) groups is 1. The summed E-state index contributed by atoms with van der Waals surface area (Å²) in [5.41, 5.74) is 3.50. The molecule has 5 nitrogen and oxygen atoms in total. The molecule has 0 bridgehead atoms. The molecule has 0 aliphatic heterocycles. The van der Waals surface area contributed by atoms with E-state index >= 15 is 0 Å². The average Bonchev–Trinajstić information content (AvgIpc) is 3.06. The number of aromatic nitrogens is 4. The first-order valence-electron chi connectivity index (χ1n) is 8.02. The van der Waals surface area contributed by atoms with E-state index in [1.54, 1.807) is 10.9 Å². The number of aryl methyl sites for hydroxylation is 1. The third-order valence-electron chi connectivity index (χ3n) is 3.98. The topological polar surface area (TPSA) is 63.6 Å². The molecule has 4 rings (SSSR count). The van der Waals surface area contributed by atoms with E-state index in [4.69, 9.17) is 11.6 Å². The van der Waals surface area contributed by atoms with Gasteiger partial charge in [-0.25, -0.2) is 9.67 Å². The molecule has 2 heterocycles. The Morgan fingerprint density at radius 1 is 1.12 bits per heavy atom. The molecule has 0 fully saturated rings. The second-order valence-corrected chi connectivity index (χ2v) is 7.32. The quantitative estimate of drug-likeness (QED) is 0.420. The monoisotopic (exact) mass is 382 g/mol. The maximum absolute atomic E-state index is 12.4. The first-order chi connectivity index (χ1) is 12.6. The number of benzene rings is 2. The minimum Gasteiger partial charge on any atom is -0.301 e. The number of aromatic amines is 1. The number of nitrogens with zero attached hydrogens (tertiary/aromatic N) is 3. The summed E-state index contributed by atoms with van der Waals surface area (Å²) < 4.78 is 1.69. The molecule has 0 amide bonds. The number of halogens is 1. The van der Waals surface area contributed by atoms with Crippen molar-refractivity contribution in [3.05, 3.63) is 81.2 Å². The summed E-state index contributed by atoms with van der Waals surface area (Å²) in [6.45, 7) is 2.03. The van der Waals surface area contributed by atoms with E-state index in [2.05, 4.69) is 15.1 Å². The SMILES string of the molecule is Cc1ccc(-n2ncc3c(=O)[nH]c(SCc4ccc(Cl)cc4)nc32)cc1. The van der Waals surface area contributed by atoms with E-state index in [-0.39, 0.29) is 5.56 Å². The minimum absolute atomic E-state index is 0.188. The molecule has 0 saturated carbocycles. The first-order valence-corrected chi connectivity index (χ1v) is 9.39. The Bertz CT molecular complexity index is 1120. The normalized spacial score (nSPS) is 11.2. The summed E-state index contributed by atoms with van der Waals surface area (Å²) in [4.78, 5) is 19.8. The van der Waals surface area contributed by atoms with Crippen LogP contribution in [0.4, 0.5) is 0 Å². The highest BCUT2D eigenvalue weighted by molar-refractivity contribution is 7.98. The van der Waals surface area contributed by atoms with E-state index in [0.717, 1.165) is 16.8 Å². The molecule has 0 atom stereocenters. The van der Waals surface area contributed by atoms with Crippen molar-refractivity contribution in [2.24, 2.45) is 0 Å². The fraction of sp³-hybridized carbons (Fsp3) is 0.105. The lowest BCUT2D eigenvalue weighted by Gasteiger charge is -2.05.